The molecule has 0 aromatic heterocycles. The zero-order valence-corrected chi connectivity index (χ0v) is 13.4. The average molecular weight is 328 g/mol. The van der Waals surface area contributed by atoms with E-state index in [-0.39, 0.29) is 17.7 Å². The standard InChI is InChI=1S/C16H22F2N2O3/c1-3-15(13-8-11(17)4-5-14(13)18)19-16(21)20-6-7-23-12(9-20)10-22-2/h4-5,8,12,15H,3,6-7,9-10H2,1-2H3,(H,19,21)/t12-,15-/m0/s1. The van der Waals surface area contributed by atoms with Crippen LogP contribution in [0, 0.1) is 11.6 Å². The van der Waals surface area contributed by atoms with Crippen LogP contribution in [-0.4, -0.2) is 50.4 Å². The minimum absolute atomic E-state index is 0.155. The first-order valence-electron chi connectivity index (χ1n) is 7.66. The van der Waals surface area contributed by atoms with Crippen molar-refractivity contribution in [1.82, 2.24) is 10.2 Å². The monoisotopic (exact) mass is 328 g/mol. The predicted molar refractivity (Wildman–Crippen MR) is 81.1 cm³/mol. The van der Waals surface area contributed by atoms with Crippen LogP contribution in [0.1, 0.15) is 24.9 Å². The molecule has 128 valence electrons. The molecule has 7 heteroatoms. The molecule has 1 saturated heterocycles. The molecule has 0 aliphatic carbocycles. The lowest BCUT2D eigenvalue weighted by Crippen LogP contribution is -2.51. The Bertz CT molecular complexity index is 540. The lowest BCUT2D eigenvalue weighted by molar-refractivity contribution is -0.0496. The van der Waals surface area contributed by atoms with Gasteiger partial charge < -0.3 is 19.7 Å². The van der Waals surface area contributed by atoms with Crippen LogP contribution in [0.25, 0.3) is 0 Å². The van der Waals surface area contributed by atoms with Gasteiger partial charge in [-0.1, -0.05) is 6.92 Å². The lowest BCUT2D eigenvalue weighted by Gasteiger charge is -2.33. The van der Waals surface area contributed by atoms with E-state index in [0.29, 0.717) is 32.7 Å². The van der Waals surface area contributed by atoms with Crippen LogP contribution in [0.4, 0.5) is 13.6 Å². The summed E-state index contributed by atoms with van der Waals surface area (Å²) in [6, 6.07) is 2.36. The maximum Gasteiger partial charge on any atom is 0.318 e. The number of amides is 2. The number of urea groups is 1. The fourth-order valence-corrected chi connectivity index (χ4v) is 2.61. The van der Waals surface area contributed by atoms with Crippen LogP contribution in [-0.2, 0) is 9.47 Å². The Morgan fingerprint density at radius 2 is 2.30 bits per heavy atom. The molecule has 0 unspecified atom stereocenters. The topological polar surface area (TPSA) is 50.8 Å². The Hall–Kier alpha value is -1.73. The minimum atomic E-state index is -0.582. The average Bonchev–Trinajstić information content (AvgIpc) is 2.55. The summed E-state index contributed by atoms with van der Waals surface area (Å²) in [4.78, 5) is 14.0. The number of ether oxygens (including phenoxy) is 2. The third kappa shape index (κ3) is 4.62. The fraction of sp³-hybridized carbons (Fsp3) is 0.562. The molecule has 0 radical (unpaired) electrons. The summed E-state index contributed by atoms with van der Waals surface area (Å²) >= 11 is 0. The summed E-state index contributed by atoms with van der Waals surface area (Å²) in [5.74, 6) is -1.06. The van der Waals surface area contributed by atoms with Gasteiger partial charge in [-0.2, -0.15) is 0 Å². The van der Waals surface area contributed by atoms with Gasteiger partial charge in [-0.15, -0.1) is 0 Å². The first kappa shape index (κ1) is 17.6. The van der Waals surface area contributed by atoms with E-state index in [9.17, 15) is 13.6 Å². The summed E-state index contributed by atoms with van der Waals surface area (Å²) in [7, 11) is 1.57. The number of carbonyl (C=O) groups is 1. The highest BCUT2D eigenvalue weighted by Crippen LogP contribution is 2.21. The molecule has 23 heavy (non-hydrogen) atoms. The van der Waals surface area contributed by atoms with E-state index in [0.717, 1.165) is 18.2 Å². The van der Waals surface area contributed by atoms with Crippen molar-refractivity contribution in [3.63, 3.8) is 0 Å². The molecule has 0 bridgehead atoms. The summed E-state index contributed by atoms with van der Waals surface area (Å²) in [5, 5.41) is 2.77. The Labute approximate surface area is 134 Å². The Balaban J connectivity index is 2.03. The normalized spacial score (nSPS) is 19.5. The van der Waals surface area contributed by atoms with Crippen molar-refractivity contribution < 1.29 is 23.0 Å². The first-order chi connectivity index (χ1) is 11.0. The predicted octanol–water partition coefficient (Wildman–Crippen LogP) is 2.47. The van der Waals surface area contributed by atoms with E-state index in [1.807, 2.05) is 6.92 Å². The summed E-state index contributed by atoms with van der Waals surface area (Å²) in [5.41, 5.74) is 0.155. The third-order valence-corrected chi connectivity index (χ3v) is 3.82. The number of rotatable bonds is 5. The number of nitrogens with one attached hydrogen (secondary N) is 1. The molecule has 0 spiro atoms. The van der Waals surface area contributed by atoms with Gasteiger partial charge in [0.25, 0.3) is 0 Å². The van der Waals surface area contributed by atoms with E-state index >= 15 is 0 Å². The molecule has 1 aromatic rings. The number of hydrogen-bond acceptors (Lipinski definition) is 3. The highest BCUT2D eigenvalue weighted by Gasteiger charge is 2.26. The molecule has 2 rings (SSSR count). The van der Waals surface area contributed by atoms with Gasteiger partial charge in [0.2, 0.25) is 0 Å². The summed E-state index contributed by atoms with van der Waals surface area (Å²) < 4.78 is 37.8. The Morgan fingerprint density at radius 3 is 3.00 bits per heavy atom. The van der Waals surface area contributed by atoms with Gasteiger partial charge in [0.05, 0.1) is 31.9 Å². The number of nitrogens with zero attached hydrogens (tertiary/aromatic N) is 1. The Morgan fingerprint density at radius 1 is 1.52 bits per heavy atom. The summed E-state index contributed by atoms with van der Waals surface area (Å²) in [6.45, 7) is 3.49. The van der Waals surface area contributed by atoms with Gasteiger partial charge >= 0.3 is 6.03 Å². The smallest absolute Gasteiger partial charge is 0.318 e. The van der Waals surface area contributed by atoms with Crippen LogP contribution in [0.3, 0.4) is 0 Å². The zero-order valence-electron chi connectivity index (χ0n) is 13.4. The lowest BCUT2D eigenvalue weighted by atomic mass is 10.0. The number of methoxy groups -OCH3 is 1. The van der Waals surface area contributed by atoms with Gasteiger partial charge in [0, 0.05) is 19.2 Å². The van der Waals surface area contributed by atoms with Gasteiger partial charge in [0.15, 0.2) is 0 Å². The maximum atomic E-state index is 13.9. The van der Waals surface area contributed by atoms with Crippen LogP contribution in [0.15, 0.2) is 18.2 Å². The number of halogens is 2. The molecular formula is C16H22F2N2O3. The number of hydrogen-bond donors (Lipinski definition) is 1. The SMILES string of the molecule is CC[C@H](NC(=O)N1CCO[C@H](COC)C1)c1cc(F)ccc1F. The fourth-order valence-electron chi connectivity index (χ4n) is 2.61. The van der Waals surface area contributed by atoms with Crippen molar-refractivity contribution in [2.24, 2.45) is 0 Å². The molecule has 1 aliphatic rings. The second kappa shape index (κ2) is 8.21. The molecule has 5 nitrogen and oxygen atoms in total. The Kier molecular flexibility index (Phi) is 6.29. The van der Waals surface area contributed by atoms with Crippen molar-refractivity contribution in [2.45, 2.75) is 25.5 Å². The quantitative estimate of drug-likeness (QED) is 0.903. The molecule has 1 heterocycles. The molecule has 1 fully saturated rings. The largest absolute Gasteiger partial charge is 0.382 e. The molecule has 1 aromatic carbocycles. The van der Waals surface area contributed by atoms with Crippen molar-refractivity contribution in [3.05, 3.63) is 35.4 Å². The molecular weight excluding hydrogens is 306 g/mol. The molecule has 2 atom stereocenters. The van der Waals surface area contributed by atoms with Crippen LogP contribution < -0.4 is 5.32 Å². The zero-order chi connectivity index (χ0) is 16.8. The number of morpholine rings is 1. The first-order valence-corrected chi connectivity index (χ1v) is 7.66. The van der Waals surface area contributed by atoms with E-state index < -0.39 is 17.7 Å². The van der Waals surface area contributed by atoms with E-state index in [1.54, 1.807) is 12.0 Å². The number of carbonyl (C=O) groups excluding carboxylic acids is 1. The van der Waals surface area contributed by atoms with Crippen molar-refractivity contribution in [1.29, 1.82) is 0 Å². The van der Waals surface area contributed by atoms with Gasteiger partial charge in [-0.05, 0) is 24.6 Å². The molecule has 0 saturated carbocycles. The minimum Gasteiger partial charge on any atom is -0.382 e. The van der Waals surface area contributed by atoms with Crippen molar-refractivity contribution >= 4 is 6.03 Å². The highest BCUT2D eigenvalue weighted by atomic mass is 19.1. The van der Waals surface area contributed by atoms with Crippen LogP contribution in [0.5, 0.6) is 0 Å². The van der Waals surface area contributed by atoms with Gasteiger partial charge in [-0.25, -0.2) is 13.6 Å². The maximum absolute atomic E-state index is 13.9. The van der Waals surface area contributed by atoms with Crippen LogP contribution >= 0.6 is 0 Å². The number of benzene rings is 1. The second-order valence-corrected chi connectivity index (χ2v) is 5.47. The molecule has 1 N–H and O–H groups in total. The van der Waals surface area contributed by atoms with E-state index in [4.69, 9.17) is 9.47 Å². The van der Waals surface area contributed by atoms with E-state index in [2.05, 4.69) is 5.32 Å². The van der Waals surface area contributed by atoms with Crippen molar-refractivity contribution in [3.8, 4) is 0 Å². The third-order valence-electron chi connectivity index (χ3n) is 3.82. The summed E-state index contributed by atoms with van der Waals surface area (Å²) in [6.07, 6.45) is 0.281. The second-order valence-electron chi connectivity index (χ2n) is 5.47. The van der Waals surface area contributed by atoms with Crippen molar-refractivity contribution in [2.75, 3.05) is 33.4 Å². The van der Waals surface area contributed by atoms with Gasteiger partial charge in [0.1, 0.15) is 11.6 Å². The highest BCUT2D eigenvalue weighted by molar-refractivity contribution is 5.75. The molecule has 2 amide bonds. The molecule has 1 aliphatic heterocycles. The van der Waals surface area contributed by atoms with Crippen LogP contribution in [0.2, 0.25) is 0 Å². The van der Waals surface area contributed by atoms with E-state index in [1.165, 1.54) is 0 Å². The van der Waals surface area contributed by atoms with Gasteiger partial charge in [-0.3, -0.25) is 0 Å².